The molecular formula is C23H25FN4O. The van der Waals surface area contributed by atoms with Crippen LogP contribution in [0, 0.1) is 26.6 Å². The van der Waals surface area contributed by atoms with E-state index in [0.29, 0.717) is 24.5 Å². The lowest BCUT2D eigenvalue weighted by molar-refractivity contribution is 0.0737. The first-order chi connectivity index (χ1) is 13.9. The zero-order valence-electron chi connectivity index (χ0n) is 17.0. The minimum Gasteiger partial charge on any atom is -0.368 e. The van der Waals surface area contributed by atoms with E-state index in [2.05, 4.69) is 42.0 Å². The fraction of sp³-hybridized carbons (Fsp3) is 0.304. The second-order valence-electron chi connectivity index (χ2n) is 7.56. The van der Waals surface area contributed by atoms with E-state index < -0.39 is 0 Å². The van der Waals surface area contributed by atoms with Crippen LogP contribution in [-0.2, 0) is 0 Å². The molecule has 1 aliphatic rings. The van der Waals surface area contributed by atoms with Gasteiger partial charge in [-0.3, -0.25) is 4.79 Å². The molecule has 0 bridgehead atoms. The van der Waals surface area contributed by atoms with Crippen LogP contribution in [-0.4, -0.2) is 46.8 Å². The minimum absolute atomic E-state index is 0.0458. The van der Waals surface area contributed by atoms with Crippen molar-refractivity contribution in [2.45, 2.75) is 20.8 Å². The van der Waals surface area contributed by atoms with E-state index in [1.54, 1.807) is 22.9 Å². The van der Waals surface area contributed by atoms with Crippen molar-refractivity contribution in [1.82, 2.24) is 14.7 Å². The van der Waals surface area contributed by atoms with Gasteiger partial charge in [0.05, 0.1) is 11.4 Å². The average Bonchev–Trinajstić information content (AvgIpc) is 3.12. The average molecular weight is 392 g/mol. The molecule has 6 heteroatoms. The van der Waals surface area contributed by atoms with Gasteiger partial charge in [0.25, 0.3) is 5.91 Å². The van der Waals surface area contributed by atoms with Gasteiger partial charge in [-0.15, -0.1) is 0 Å². The lowest BCUT2D eigenvalue weighted by atomic mass is 10.1. The number of anilines is 1. The van der Waals surface area contributed by atoms with Gasteiger partial charge in [0.1, 0.15) is 11.5 Å². The van der Waals surface area contributed by atoms with Crippen LogP contribution in [0.25, 0.3) is 5.69 Å². The van der Waals surface area contributed by atoms with Crippen molar-refractivity contribution in [2.24, 2.45) is 0 Å². The fourth-order valence-corrected chi connectivity index (χ4v) is 3.82. The molecule has 4 rings (SSSR count). The van der Waals surface area contributed by atoms with Gasteiger partial charge in [-0.2, -0.15) is 5.10 Å². The van der Waals surface area contributed by atoms with Gasteiger partial charge in [-0.1, -0.05) is 12.1 Å². The molecule has 0 N–H and O–H groups in total. The van der Waals surface area contributed by atoms with Gasteiger partial charge in [0.15, 0.2) is 0 Å². The third-order valence-electron chi connectivity index (χ3n) is 5.61. The first-order valence-electron chi connectivity index (χ1n) is 9.87. The van der Waals surface area contributed by atoms with Crippen molar-refractivity contribution in [1.29, 1.82) is 0 Å². The van der Waals surface area contributed by atoms with Gasteiger partial charge in [0.2, 0.25) is 0 Å². The van der Waals surface area contributed by atoms with Crippen LogP contribution >= 0.6 is 0 Å². The highest BCUT2D eigenvalue weighted by Crippen LogP contribution is 2.24. The molecule has 0 spiro atoms. The maximum atomic E-state index is 13.3. The number of nitrogens with zero attached hydrogens (tertiary/aromatic N) is 4. The molecule has 1 amide bonds. The van der Waals surface area contributed by atoms with Gasteiger partial charge in [-0.05, 0) is 68.3 Å². The van der Waals surface area contributed by atoms with Gasteiger partial charge in [-0.25, -0.2) is 9.07 Å². The molecule has 1 saturated heterocycles. The Kier molecular flexibility index (Phi) is 5.09. The number of aromatic nitrogens is 2. The van der Waals surface area contributed by atoms with E-state index in [1.807, 2.05) is 11.8 Å². The van der Waals surface area contributed by atoms with Crippen LogP contribution in [0.3, 0.4) is 0 Å². The largest absolute Gasteiger partial charge is 0.368 e. The summed E-state index contributed by atoms with van der Waals surface area (Å²) < 4.78 is 14.9. The Balaban J connectivity index is 1.52. The Morgan fingerprint density at radius 3 is 2.34 bits per heavy atom. The lowest BCUT2D eigenvalue weighted by Gasteiger charge is -2.37. The molecule has 5 nitrogen and oxygen atoms in total. The Morgan fingerprint density at radius 2 is 1.66 bits per heavy atom. The molecule has 3 aromatic rings. The van der Waals surface area contributed by atoms with E-state index >= 15 is 0 Å². The third kappa shape index (κ3) is 3.75. The molecule has 0 saturated carbocycles. The summed E-state index contributed by atoms with van der Waals surface area (Å²) in [5.74, 6) is -0.358. The minimum atomic E-state index is -0.312. The molecule has 2 aromatic carbocycles. The zero-order chi connectivity index (χ0) is 20.5. The predicted molar refractivity (Wildman–Crippen MR) is 112 cm³/mol. The normalized spacial score (nSPS) is 14.3. The van der Waals surface area contributed by atoms with Crippen LogP contribution in [0.2, 0.25) is 0 Å². The highest BCUT2D eigenvalue weighted by Gasteiger charge is 2.26. The van der Waals surface area contributed by atoms with Crippen LogP contribution in [0.4, 0.5) is 10.1 Å². The van der Waals surface area contributed by atoms with Gasteiger partial charge < -0.3 is 9.80 Å². The summed E-state index contributed by atoms with van der Waals surface area (Å²) in [6.45, 7) is 9.01. The molecule has 150 valence electrons. The molecule has 2 heterocycles. The van der Waals surface area contributed by atoms with Crippen molar-refractivity contribution in [3.63, 3.8) is 0 Å². The Labute approximate surface area is 170 Å². The number of piperazine rings is 1. The number of amides is 1. The van der Waals surface area contributed by atoms with E-state index in [1.165, 1.54) is 28.9 Å². The summed E-state index contributed by atoms with van der Waals surface area (Å²) in [5.41, 5.74) is 5.75. The second-order valence-corrected chi connectivity index (χ2v) is 7.56. The molecule has 1 aliphatic heterocycles. The first kappa shape index (κ1) is 19.2. The summed E-state index contributed by atoms with van der Waals surface area (Å²) in [6.07, 6.45) is 0. The smallest absolute Gasteiger partial charge is 0.272 e. The van der Waals surface area contributed by atoms with E-state index in [4.69, 9.17) is 0 Å². The van der Waals surface area contributed by atoms with E-state index in [-0.39, 0.29) is 11.7 Å². The number of halogens is 1. The number of hydrogen-bond acceptors (Lipinski definition) is 3. The summed E-state index contributed by atoms with van der Waals surface area (Å²) in [4.78, 5) is 17.4. The topological polar surface area (TPSA) is 41.4 Å². The van der Waals surface area contributed by atoms with Crippen molar-refractivity contribution in [2.75, 3.05) is 31.1 Å². The highest BCUT2D eigenvalue weighted by atomic mass is 19.1. The maximum Gasteiger partial charge on any atom is 0.272 e. The summed E-state index contributed by atoms with van der Waals surface area (Å²) in [5, 5.41) is 4.45. The Morgan fingerprint density at radius 1 is 0.966 bits per heavy atom. The first-order valence-corrected chi connectivity index (χ1v) is 9.87. The number of carbonyl (C=O) groups is 1. The molecule has 0 radical (unpaired) electrons. The molecule has 1 aromatic heterocycles. The number of rotatable bonds is 3. The number of aryl methyl sites for hydroxylation is 2. The molecule has 0 unspecified atom stereocenters. The fourth-order valence-electron chi connectivity index (χ4n) is 3.82. The highest BCUT2D eigenvalue weighted by molar-refractivity contribution is 5.93. The number of hydrogen-bond donors (Lipinski definition) is 0. The van der Waals surface area contributed by atoms with Crippen LogP contribution in [0.1, 0.15) is 27.3 Å². The van der Waals surface area contributed by atoms with E-state index in [9.17, 15) is 9.18 Å². The molecular weight excluding hydrogens is 367 g/mol. The lowest BCUT2D eigenvalue weighted by Crippen LogP contribution is -2.49. The standard InChI is InChI=1S/C23H25FN4O/c1-16-5-4-6-21(18(16)3)26-11-13-27(14-12-26)23(29)22-15-17(2)25-28(22)20-9-7-19(24)8-10-20/h4-10,15H,11-14H2,1-3H3. The molecule has 0 atom stereocenters. The Bertz CT molecular complexity index is 1030. The predicted octanol–water partition coefficient (Wildman–Crippen LogP) is 3.90. The van der Waals surface area contributed by atoms with Crippen molar-refractivity contribution in [3.8, 4) is 5.69 Å². The SMILES string of the molecule is Cc1cc(C(=O)N2CCN(c3cccc(C)c3C)CC2)n(-c2ccc(F)cc2)n1. The third-order valence-corrected chi connectivity index (χ3v) is 5.61. The number of benzene rings is 2. The summed E-state index contributed by atoms with van der Waals surface area (Å²) >= 11 is 0. The van der Waals surface area contributed by atoms with Crippen LogP contribution in [0.15, 0.2) is 48.5 Å². The van der Waals surface area contributed by atoms with Crippen LogP contribution < -0.4 is 4.90 Å². The Hall–Kier alpha value is -3.15. The zero-order valence-corrected chi connectivity index (χ0v) is 17.0. The number of carbonyl (C=O) groups excluding carboxylic acids is 1. The van der Waals surface area contributed by atoms with Gasteiger partial charge in [0, 0.05) is 31.9 Å². The quantitative estimate of drug-likeness (QED) is 0.679. The van der Waals surface area contributed by atoms with Crippen molar-refractivity contribution in [3.05, 3.63) is 76.9 Å². The molecule has 29 heavy (non-hydrogen) atoms. The maximum absolute atomic E-state index is 13.3. The summed E-state index contributed by atoms with van der Waals surface area (Å²) in [6, 6.07) is 14.2. The monoisotopic (exact) mass is 392 g/mol. The molecule has 0 aliphatic carbocycles. The van der Waals surface area contributed by atoms with Crippen molar-refractivity contribution < 1.29 is 9.18 Å². The second kappa shape index (κ2) is 7.70. The summed E-state index contributed by atoms with van der Waals surface area (Å²) in [7, 11) is 0. The van der Waals surface area contributed by atoms with Crippen LogP contribution in [0.5, 0.6) is 0 Å². The van der Waals surface area contributed by atoms with Crippen molar-refractivity contribution >= 4 is 11.6 Å². The van der Waals surface area contributed by atoms with Gasteiger partial charge >= 0.3 is 0 Å². The molecule has 1 fully saturated rings. The van der Waals surface area contributed by atoms with E-state index in [0.717, 1.165) is 18.8 Å².